The van der Waals surface area contributed by atoms with Crippen LogP contribution in [0, 0.1) is 6.92 Å². The topological polar surface area (TPSA) is 118 Å². The number of aryl methyl sites for hydroxylation is 3. The molecule has 0 unspecified atom stereocenters. The van der Waals surface area contributed by atoms with Gasteiger partial charge in [-0.2, -0.15) is 0 Å². The minimum atomic E-state index is -4.27. The average Bonchev–Trinajstić information content (AvgIpc) is 2.61. The fraction of sp³-hybridized carbons (Fsp3) is 0.300. The molecule has 2 rings (SSSR count). The normalized spacial score (nSPS) is 10.7. The largest absolute Gasteiger partial charge is 0.744 e. The van der Waals surface area contributed by atoms with Crippen LogP contribution in [-0.2, 0) is 24.2 Å². The zero-order valence-electron chi connectivity index (χ0n) is 10.8. The number of hydrogen-bond acceptors (Lipinski definition) is 6. The van der Waals surface area contributed by atoms with Crippen molar-refractivity contribution in [3.63, 3.8) is 0 Å². The van der Waals surface area contributed by atoms with E-state index in [4.69, 9.17) is 5.73 Å². The number of nitrogens with two attached hydrogens (primary N) is 1. The van der Waals surface area contributed by atoms with Gasteiger partial charge in [-0.15, -0.1) is 4.68 Å². The Morgan fingerprint density at radius 2 is 1.84 bits per heavy atom. The summed E-state index contributed by atoms with van der Waals surface area (Å²) in [6.45, 7) is 1.82. The Morgan fingerprint density at radius 3 is 2.11 bits per heavy atom. The number of anilines is 1. The van der Waals surface area contributed by atoms with Gasteiger partial charge >= 0.3 is 5.95 Å². The molecule has 8 nitrogen and oxygen atoms in total. The number of nitrogens with zero attached hydrogens (tertiary/aromatic N) is 4. The Labute approximate surface area is 111 Å². The highest BCUT2D eigenvalue weighted by Gasteiger charge is 2.05. The molecule has 0 spiro atoms. The molecule has 0 bridgehead atoms. The summed E-state index contributed by atoms with van der Waals surface area (Å²) in [7, 11) is -0.793. The third-order valence-corrected chi connectivity index (χ3v) is 3.13. The lowest BCUT2D eigenvalue weighted by molar-refractivity contribution is -0.718. The zero-order valence-corrected chi connectivity index (χ0v) is 11.6. The quantitative estimate of drug-likeness (QED) is 0.537. The smallest absolute Gasteiger partial charge is 0.362 e. The lowest BCUT2D eigenvalue weighted by Gasteiger charge is -2.05. The molecule has 19 heavy (non-hydrogen) atoms. The van der Waals surface area contributed by atoms with E-state index in [0.717, 1.165) is 5.56 Å². The molecule has 0 aliphatic rings. The van der Waals surface area contributed by atoms with Crippen LogP contribution in [0.5, 0.6) is 0 Å². The van der Waals surface area contributed by atoms with Crippen LogP contribution in [0.4, 0.5) is 5.95 Å². The molecule has 1 aromatic heterocycles. The fourth-order valence-electron chi connectivity index (χ4n) is 1.13. The summed E-state index contributed by atoms with van der Waals surface area (Å²) in [5, 5.41) is 7.24. The van der Waals surface area contributed by atoms with Crippen LogP contribution in [0.3, 0.4) is 0 Å². The molecule has 0 aliphatic carbocycles. The predicted molar refractivity (Wildman–Crippen MR) is 65.7 cm³/mol. The van der Waals surface area contributed by atoms with Crippen molar-refractivity contribution in [2.24, 2.45) is 14.1 Å². The van der Waals surface area contributed by atoms with Crippen molar-refractivity contribution in [1.82, 2.24) is 15.1 Å². The van der Waals surface area contributed by atoms with Gasteiger partial charge in [0.15, 0.2) is 0 Å². The molecule has 104 valence electrons. The van der Waals surface area contributed by atoms with Crippen LogP contribution in [0.25, 0.3) is 0 Å². The van der Waals surface area contributed by atoms with Gasteiger partial charge in [-0.3, -0.25) is 0 Å². The Kier molecular flexibility index (Phi) is 4.57. The number of benzene rings is 1. The summed E-state index contributed by atoms with van der Waals surface area (Å²) in [5.74, 6) is 0.546. The third kappa shape index (κ3) is 4.30. The molecule has 0 saturated carbocycles. The highest BCUT2D eigenvalue weighted by Crippen LogP contribution is 2.08. The van der Waals surface area contributed by atoms with E-state index in [2.05, 4.69) is 10.4 Å². The van der Waals surface area contributed by atoms with E-state index in [1.54, 1.807) is 26.2 Å². The van der Waals surface area contributed by atoms with Crippen LogP contribution in [0.1, 0.15) is 5.56 Å². The molecule has 9 heteroatoms. The van der Waals surface area contributed by atoms with Gasteiger partial charge in [0.25, 0.3) is 0 Å². The number of tetrazole rings is 1. The van der Waals surface area contributed by atoms with Crippen LogP contribution < -0.4 is 10.4 Å². The number of aromatic nitrogens is 4. The zero-order chi connectivity index (χ0) is 14.6. The van der Waals surface area contributed by atoms with Crippen molar-refractivity contribution in [2.45, 2.75) is 11.8 Å². The maximum Gasteiger partial charge on any atom is 0.362 e. The maximum absolute atomic E-state index is 10.4. The van der Waals surface area contributed by atoms with Gasteiger partial charge in [0.2, 0.25) is 0 Å². The van der Waals surface area contributed by atoms with E-state index in [9.17, 15) is 13.0 Å². The Balaban J connectivity index is 0.000000200. The maximum atomic E-state index is 10.4. The van der Waals surface area contributed by atoms with Crippen LogP contribution >= 0.6 is 0 Å². The van der Waals surface area contributed by atoms with Gasteiger partial charge in [0, 0.05) is 0 Å². The second-order valence-corrected chi connectivity index (χ2v) is 5.23. The molecule has 1 heterocycles. The molecule has 0 saturated heterocycles. The lowest BCUT2D eigenvalue weighted by Crippen LogP contribution is -2.33. The van der Waals surface area contributed by atoms with E-state index < -0.39 is 10.1 Å². The first-order chi connectivity index (χ1) is 8.71. The molecule has 0 fully saturated rings. The molecule has 1 aromatic carbocycles. The minimum absolute atomic E-state index is 0.178. The van der Waals surface area contributed by atoms with Gasteiger partial charge in [-0.25, -0.2) is 8.42 Å². The third-order valence-electron chi connectivity index (χ3n) is 2.28. The summed E-state index contributed by atoms with van der Waals surface area (Å²) in [5.41, 5.74) is 6.33. The van der Waals surface area contributed by atoms with E-state index in [0.29, 0.717) is 5.95 Å². The summed E-state index contributed by atoms with van der Waals surface area (Å²) < 4.78 is 34.2. The standard InChI is InChI=1S/C7H8O3S.C3H7N5/c1-6-2-4-7(5-3-6)11(8,9)10;1-7-3(4)8(2)6-5-7/h2-5H,1H3,(H,8,9,10);4H,1-2H3. The summed E-state index contributed by atoms with van der Waals surface area (Å²) in [4.78, 5) is -0.178. The van der Waals surface area contributed by atoms with Gasteiger partial charge in [-0.1, -0.05) is 22.4 Å². The van der Waals surface area contributed by atoms with E-state index >= 15 is 0 Å². The lowest BCUT2D eigenvalue weighted by atomic mass is 10.2. The molecule has 0 amide bonds. The van der Waals surface area contributed by atoms with Crippen molar-refractivity contribution in [2.75, 3.05) is 5.73 Å². The number of nitrogen functional groups attached to an aromatic ring is 1. The van der Waals surface area contributed by atoms with E-state index in [1.165, 1.54) is 21.5 Å². The molecule has 0 radical (unpaired) electrons. The highest BCUT2D eigenvalue weighted by atomic mass is 32.2. The van der Waals surface area contributed by atoms with Crippen molar-refractivity contribution in [1.29, 1.82) is 0 Å². The molecule has 0 atom stereocenters. The van der Waals surface area contributed by atoms with Crippen molar-refractivity contribution in [3.05, 3.63) is 29.8 Å². The van der Waals surface area contributed by atoms with Gasteiger partial charge in [0.05, 0.1) is 24.2 Å². The molecular weight excluding hydrogens is 270 g/mol. The van der Waals surface area contributed by atoms with E-state index in [1.807, 2.05) is 6.92 Å². The summed E-state index contributed by atoms with van der Waals surface area (Å²) in [6.07, 6.45) is 0. The molecule has 0 aliphatic heterocycles. The van der Waals surface area contributed by atoms with Gasteiger partial charge < -0.3 is 10.3 Å². The van der Waals surface area contributed by atoms with Crippen molar-refractivity contribution in [3.8, 4) is 0 Å². The number of rotatable bonds is 1. The fourth-order valence-corrected chi connectivity index (χ4v) is 1.60. The average molecular weight is 285 g/mol. The van der Waals surface area contributed by atoms with Gasteiger partial charge in [-0.05, 0) is 19.1 Å². The van der Waals surface area contributed by atoms with Crippen LogP contribution in [0.15, 0.2) is 29.2 Å². The second-order valence-electron chi connectivity index (χ2n) is 3.85. The van der Waals surface area contributed by atoms with E-state index in [-0.39, 0.29) is 4.90 Å². The summed E-state index contributed by atoms with van der Waals surface area (Å²) in [6, 6.07) is 5.78. The predicted octanol–water partition coefficient (Wildman–Crippen LogP) is -0.879. The first-order valence-electron chi connectivity index (χ1n) is 5.26. The van der Waals surface area contributed by atoms with Crippen LogP contribution in [-0.4, -0.2) is 28.1 Å². The minimum Gasteiger partial charge on any atom is -0.744 e. The van der Waals surface area contributed by atoms with Crippen molar-refractivity contribution >= 4 is 16.1 Å². The highest BCUT2D eigenvalue weighted by molar-refractivity contribution is 7.85. The Hall–Kier alpha value is -2.00. The summed E-state index contributed by atoms with van der Waals surface area (Å²) >= 11 is 0. The van der Waals surface area contributed by atoms with Crippen LogP contribution in [0.2, 0.25) is 0 Å². The number of hydrogen-bond donors (Lipinski definition) is 1. The molecule has 2 N–H and O–H groups in total. The first kappa shape index (κ1) is 15.1. The monoisotopic (exact) mass is 285 g/mol. The first-order valence-corrected chi connectivity index (χ1v) is 6.66. The molecule has 2 aromatic rings. The Bertz CT molecular complexity index is 629. The Morgan fingerprint density at radius 1 is 1.32 bits per heavy atom. The van der Waals surface area contributed by atoms with Gasteiger partial charge in [0.1, 0.15) is 15.3 Å². The second kappa shape index (κ2) is 5.76. The SMILES string of the molecule is Cc1ccc(S(=O)(=O)[O-])cc1.Cn1nn[n+](C)c1N. The van der Waals surface area contributed by atoms with Crippen molar-refractivity contribution < 1.29 is 17.7 Å². The molecular formula is C10H15N5O3S.